The smallest absolute Gasteiger partial charge is 0.292 e. The van der Waals surface area contributed by atoms with Crippen LogP contribution in [-0.2, 0) is 9.30 Å². The molecule has 2 fully saturated rings. The maximum Gasteiger partial charge on any atom is 0.292 e. The fourth-order valence-electron chi connectivity index (χ4n) is 5.27. The van der Waals surface area contributed by atoms with Gasteiger partial charge in [-0.3, -0.25) is 4.57 Å². The monoisotopic (exact) mass is 428 g/mol. The molecule has 5 rings (SSSR count). The summed E-state index contributed by atoms with van der Waals surface area (Å²) in [5.41, 5.74) is 3.32. The van der Waals surface area contributed by atoms with Crippen LogP contribution in [0.2, 0.25) is 0 Å². The van der Waals surface area contributed by atoms with Crippen molar-refractivity contribution >= 4 is 18.8 Å². The highest BCUT2D eigenvalue weighted by Gasteiger charge is 2.53. The molecule has 1 aromatic rings. The Bertz CT molecular complexity index is 899. The number of allylic oxidation sites excluding steroid dienone is 2. The third-order valence-corrected chi connectivity index (χ3v) is 9.80. The molecule has 0 aromatic heterocycles. The molecule has 0 amide bonds. The van der Waals surface area contributed by atoms with E-state index in [2.05, 4.69) is 23.4 Å². The molecule has 0 saturated carbocycles. The van der Waals surface area contributed by atoms with E-state index in [1.165, 1.54) is 12.1 Å². The lowest BCUT2D eigenvalue weighted by Crippen LogP contribution is -2.41. The quantitative estimate of drug-likeness (QED) is 0.641. The Hall–Kier alpha value is -1.62. The number of ether oxygens (including phenoxy) is 1. The first kappa shape index (κ1) is 20.3. The topological polar surface area (TPSA) is 48.4 Å². The van der Waals surface area contributed by atoms with Crippen LogP contribution in [-0.4, -0.2) is 54.7 Å². The molecule has 4 aliphatic rings. The molecular formula is C23H33N4O2P. The van der Waals surface area contributed by atoms with Gasteiger partial charge in [0.1, 0.15) is 0 Å². The summed E-state index contributed by atoms with van der Waals surface area (Å²) in [4.78, 5) is 2.43. The molecule has 1 atom stereocenters. The second-order valence-corrected chi connectivity index (χ2v) is 12.1. The number of morpholine rings is 1. The maximum absolute atomic E-state index is 15.2. The van der Waals surface area contributed by atoms with Crippen molar-refractivity contribution in [3.8, 4) is 0 Å². The normalized spacial score (nSPS) is 29.7. The Morgan fingerprint density at radius 2 is 1.67 bits per heavy atom. The fourth-order valence-corrected chi connectivity index (χ4v) is 8.50. The molecule has 3 heterocycles. The standard InChI is InChI=1S/C23H33N4O2P/c1-23(2)17-20-22(21(18-23)25-13-15-29-16-14-25)30(28,26-11-7-4-8-12-26)27(24-20)19-9-5-3-6-10-19/h3,5-6,9-10H,4,7-8,11-18H2,1-2H3/t30-/m0/s1. The van der Waals surface area contributed by atoms with E-state index >= 15 is 4.57 Å². The number of para-hydroxylation sites is 1. The van der Waals surface area contributed by atoms with Gasteiger partial charge in [-0.1, -0.05) is 38.5 Å². The Balaban J connectivity index is 1.68. The summed E-state index contributed by atoms with van der Waals surface area (Å²) in [6.45, 7) is 9.59. The van der Waals surface area contributed by atoms with Crippen LogP contribution in [0.3, 0.4) is 0 Å². The highest BCUT2D eigenvalue weighted by Crippen LogP contribution is 2.69. The first-order valence-corrected chi connectivity index (χ1v) is 13.0. The largest absolute Gasteiger partial charge is 0.378 e. The first-order valence-electron chi connectivity index (χ1n) is 11.3. The molecule has 7 heteroatoms. The van der Waals surface area contributed by atoms with Crippen LogP contribution in [0.15, 0.2) is 46.4 Å². The predicted octanol–water partition coefficient (Wildman–Crippen LogP) is 4.91. The van der Waals surface area contributed by atoms with Crippen molar-refractivity contribution in [3.63, 3.8) is 0 Å². The van der Waals surface area contributed by atoms with Crippen LogP contribution < -0.4 is 4.78 Å². The average molecular weight is 429 g/mol. The van der Waals surface area contributed by atoms with Crippen molar-refractivity contribution in [1.82, 2.24) is 9.57 Å². The van der Waals surface area contributed by atoms with Crippen molar-refractivity contribution in [2.24, 2.45) is 10.5 Å². The number of hydrazone groups is 1. The summed E-state index contributed by atoms with van der Waals surface area (Å²) in [7, 11) is -3.03. The van der Waals surface area contributed by atoms with Crippen LogP contribution in [0.1, 0.15) is 46.0 Å². The van der Waals surface area contributed by atoms with E-state index < -0.39 is 7.44 Å². The Labute approximate surface area is 180 Å². The van der Waals surface area contributed by atoms with Gasteiger partial charge in [-0.25, -0.2) is 4.67 Å². The molecule has 0 spiro atoms. The summed E-state index contributed by atoms with van der Waals surface area (Å²) >= 11 is 0. The van der Waals surface area contributed by atoms with Gasteiger partial charge in [0.05, 0.1) is 29.9 Å². The highest BCUT2D eigenvalue weighted by atomic mass is 31.2. The second-order valence-electron chi connectivity index (χ2n) is 9.64. The van der Waals surface area contributed by atoms with Gasteiger partial charge < -0.3 is 9.64 Å². The fraction of sp³-hybridized carbons (Fsp3) is 0.609. The van der Waals surface area contributed by atoms with Crippen molar-refractivity contribution < 1.29 is 9.30 Å². The van der Waals surface area contributed by atoms with Gasteiger partial charge in [0.15, 0.2) is 0 Å². The Morgan fingerprint density at radius 3 is 2.37 bits per heavy atom. The maximum atomic E-state index is 15.2. The van der Waals surface area contributed by atoms with Gasteiger partial charge in [0.2, 0.25) is 0 Å². The molecule has 1 aliphatic carbocycles. The van der Waals surface area contributed by atoms with E-state index in [1.54, 1.807) is 0 Å². The number of fused-ring (bicyclic) bond motifs is 1. The Morgan fingerprint density at radius 1 is 0.967 bits per heavy atom. The molecule has 30 heavy (non-hydrogen) atoms. The van der Waals surface area contributed by atoms with E-state index in [0.29, 0.717) is 0 Å². The molecule has 162 valence electrons. The lowest BCUT2D eigenvalue weighted by atomic mass is 9.78. The number of hydrogen-bond donors (Lipinski definition) is 0. The third kappa shape index (κ3) is 3.43. The zero-order valence-electron chi connectivity index (χ0n) is 18.2. The van der Waals surface area contributed by atoms with E-state index in [-0.39, 0.29) is 5.41 Å². The number of anilines is 1. The number of nitrogens with zero attached hydrogens (tertiary/aromatic N) is 4. The summed E-state index contributed by atoms with van der Waals surface area (Å²) in [5, 5.41) is 6.12. The lowest BCUT2D eigenvalue weighted by molar-refractivity contribution is 0.0489. The Kier molecular flexibility index (Phi) is 5.29. The lowest BCUT2D eigenvalue weighted by Gasteiger charge is -2.43. The molecular weight excluding hydrogens is 395 g/mol. The van der Waals surface area contributed by atoms with Gasteiger partial charge in [0.25, 0.3) is 7.44 Å². The molecule has 0 bridgehead atoms. The minimum Gasteiger partial charge on any atom is -0.378 e. The molecule has 3 aliphatic heterocycles. The minimum atomic E-state index is -3.03. The summed E-state index contributed by atoms with van der Waals surface area (Å²) in [6, 6.07) is 10.1. The zero-order valence-corrected chi connectivity index (χ0v) is 19.1. The average Bonchev–Trinajstić information content (AvgIpc) is 3.07. The molecule has 0 N–H and O–H groups in total. The van der Waals surface area contributed by atoms with E-state index in [4.69, 9.17) is 9.84 Å². The van der Waals surface area contributed by atoms with Gasteiger partial charge >= 0.3 is 0 Å². The summed E-state index contributed by atoms with van der Waals surface area (Å²) in [6.07, 6.45) is 5.25. The summed E-state index contributed by atoms with van der Waals surface area (Å²) < 4.78 is 24.9. The zero-order chi connectivity index (χ0) is 20.8. The van der Waals surface area contributed by atoms with Crippen molar-refractivity contribution in [3.05, 3.63) is 41.3 Å². The summed E-state index contributed by atoms with van der Waals surface area (Å²) in [5.74, 6) is 0. The van der Waals surface area contributed by atoms with Crippen LogP contribution >= 0.6 is 7.44 Å². The number of piperidine rings is 1. The van der Waals surface area contributed by atoms with E-state index in [0.717, 1.165) is 81.8 Å². The number of rotatable bonds is 3. The minimum absolute atomic E-state index is 0.107. The molecule has 2 saturated heterocycles. The van der Waals surface area contributed by atoms with E-state index in [9.17, 15) is 0 Å². The van der Waals surface area contributed by atoms with Crippen LogP contribution in [0.5, 0.6) is 0 Å². The van der Waals surface area contributed by atoms with Gasteiger partial charge in [0, 0.05) is 31.9 Å². The van der Waals surface area contributed by atoms with Gasteiger partial charge in [-0.15, -0.1) is 0 Å². The molecule has 0 unspecified atom stereocenters. The SMILES string of the molecule is CC1(C)CC2=NN(c3ccccc3)[P@@](=O)(N3CCCCC3)C2=C(N2CCOCC2)C1. The van der Waals surface area contributed by atoms with Crippen molar-refractivity contribution in [2.75, 3.05) is 44.2 Å². The van der Waals surface area contributed by atoms with Crippen LogP contribution in [0, 0.1) is 5.41 Å². The number of benzene rings is 1. The van der Waals surface area contributed by atoms with Crippen molar-refractivity contribution in [1.29, 1.82) is 0 Å². The predicted molar refractivity (Wildman–Crippen MR) is 122 cm³/mol. The molecule has 0 radical (unpaired) electrons. The van der Waals surface area contributed by atoms with Crippen molar-refractivity contribution in [2.45, 2.75) is 46.0 Å². The second kappa shape index (κ2) is 7.81. The molecule has 6 nitrogen and oxygen atoms in total. The number of hydrogen-bond acceptors (Lipinski definition) is 4. The first-order chi connectivity index (χ1) is 14.5. The molecule has 1 aromatic carbocycles. The van der Waals surface area contributed by atoms with Crippen LogP contribution in [0.4, 0.5) is 5.69 Å². The highest BCUT2D eigenvalue weighted by molar-refractivity contribution is 7.69. The van der Waals surface area contributed by atoms with Gasteiger partial charge in [-0.05, 0) is 43.2 Å². The van der Waals surface area contributed by atoms with E-state index in [1.807, 2.05) is 35.1 Å². The van der Waals surface area contributed by atoms with Crippen LogP contribution in [0.25, 0.3) is 0 Å². The van der Waals surface area contributed by atoms with Gasteiger partial charge in [-0.2, -0.15) is 9.88 Å². The third-order valence-electron chi connectivity index (χ3n) is 6.70.